The molecule has 4 aromatic rings. The fraction of sp³-hybridized carbons (Fsp3) is 0.250. The third-order valence-electron chi connectivity index (χ3n) is 8.68. The van der Waals surface area contributed by atoms with Crippen LogP contribution in [-0.2, 0) is 20.0 Å². The minimum absolute atomic E-state index is 0.0267. The minimum Gasteiger partial charge on any atom is -0.322 e. The summed E-state index contributed by atoms with van der Waals surface area (Å²) in [7, 11) is -7.96. The molecule has 0 aromatic heterocycles. The van der Waals surface area contributed by atoms with Crippen LogP contribution in [0.15, 0.2) is 94.7 Å². The largest absolute Gasteiger partial charge is 0.322 e. The number of benzene rings is 4. The summed E-state index contributed by atoms with van der Waals surface area (Å²) in [5.74, 6) is -0.896. The molecule has 0 aliphatic carbocycles. The van der Waals surface area contributed by atoms with Gasteiger partial charge in [-0.1, -0.05) is 12.1 Å². The number of nitriles is 4. The molecule has 56 heavy (non-hydrogen) atoms. The Morgan fingerprint density at radius 3 is 1.09 bits per heavy atom. The summed E-state index contributed by atoms with van der Waals surface area (Å²) in [4.78, 5) is 26.1. The zero-order chi connectivity index (χ0) is 40.9. The Morgan fingerprint density at radius 2 is 0.821 bits per heavy atom. The first-order valence-corrected chi connectivity index (χ1v) is 20.2. The van der Waals surface area contributed by atoms with E-state index < -0.39 is 31.9 Å². The molecule has 0 spiro atoms. The maximum atomic E-state index is 13.1. The highest BCUT2D eigenvalue weighted by molar-refractivity contribution is 7.89. The number of nitrogens with one attached hydrogen (secondary N) is 2. The molecular weight excluding hydrogens is 753 g/mol. The first kappa shape index (κ1) is 42.3. The van der Waals surface area contributed by atoms with Gasteiger partial charge in [-0.05, 0) is 109 Å². The Balaban J connectivity index is 1.42. The maximum absolute atomic E-state index is 13.1. The van der Waals surface area contributed by atoms with Crippen LogP contribution in [0.5, 0.6) is 0 Å². The number of anilines is 2. The smallest absolute Gasteiger partial charge is 0.255 e. The van der Waals surface area contributed by atoms with Crippen molar-refractivity contribution in [1.82, 2.24) is 8.61 Å². The van der Waals surface area contributed by atoms with Crippen molar-refractivity contribution in [3.63, 3.8) is 0 Å². The van der Waals surface area contributed by atoms with Gasteiger partial charge in [0.1, 0.15) is 0 Å². The lowest BCUT2D eigenvalue weighted by atomic mass is 9.99. The molecule has 286 valence electrons. The summed E-state index contributed by atoms with van der Waals surface area (Å²) in [5, 5.41) is 41.4. The number of carbonyl (C=O) groups is 2. The van der Waals surface area contributed by atoms with Crippen molar-refractivity contribution in [2.75, 3.05) is 36.8 Å². The second kappa shape index (κ2) is 19.3. The quantitative estimate of drug-likeness (QED) is 0.125. The average molecular weight is 791 g/mol. The lowest BCUT2D eigenvalue weighted by molar-refractivity contribution is 0.101. The zero-order valence-electron chi connectivity index (χ0n) is 30.7. The molecule has 0 heterocycles. The molecule has 14 nitrogen and oxygen atoms in total. The Bertz CT molecular complexity index is 2270. The van der Waals surface area contributed by atoms with Gasteiger partial charge in [-0.2, -0.15) is 29.7 Å². The van der Waals surface area contributed by atoms with Crippen LogP contribution in [0.25, 0.3) is 11.1 Å². The Labute approximate surface area is 326 Å². The molecule has 2 N–H and O–H groups in total. The Morgan fingerprint density at radius 1 is 0.518 bits per heavy atom. The molecule has 0 aliphatic rings. The number of rotatable bonds is 17. The summed E-state index contributed by atoms with van der Waals surface area (Å²) < 4.78 is 54.6. The SMILES string of the molecule is Cc1cc(-c2ccc(NC(=O)c3ccc(S(=O)(=O)N(CCC#N)CCC#N)cc3)c(C)c2)ccc1NC(=O)c1ccc(S(=O)(=O)N(CCC#N)CCC#N)cc1. The van der Waals surface area contributed by atoms with Gasteiger partial charge in [-0.15, -0.1) is 0 Å². The summed E-state index contributed by atoms with van der Waals surface area (Å²) in [6.07, 6.45) is -0.107. The molecule has 0 atom stereocenters. The number of carbonyl (C=O) groups excluding carboxylic acids is 2. The number of amides is 2. The van der Waals surface area contributed by atoms with E-state index in [0.29, 0.717) is 11.4 Å². The van der Waals surface area contributed by atoms with E-state index in [9.17, 15) is 26.4 Å². The van der Waals surface area contributed by atoms with Crippen LogP contribution < -0.4 is 10.6 Å². The van der Waals surface area contributed by atoms with Gasteiger partial charge in [-0.3, -0.25) is 9.59 Å². The molecule has 0 aliphatic heterocycles. The van der Waals surface area contributed by atoms with E-state index in [4.69, 9.17) is 21.0 Å². The summed E-state index contributed by atoms with van der Waals surface area (Å²) >= 11 is 0. The van der Waals surface area contributed by atoms with Crippen LogP contribution in [0.2, 0.25) is 0 Å². The fourth-order valence-corrected chi connectivity index (χ4v) is 8.50. The predicted octanol–water partition coefficient (Wildman–Crippen LogP) is 6.11. The van der Waals surface area contributed by atoms with Crippen molar-refractivity contribution < 1.29 is 26.4 Å². The molecule has 0 fully saturated rings. The highest BCUT2D eigenvalue weighted by Gasteiger charge is 2.26. The molecule has 0 unspecified atom stereocenters. The van der Waals surface area contributed by atoms with Gasteiger partial charge < -0.3 is 10.6 Å². The topological polar surface area (TPSA) is 228 Å². The van der Waals surface area contributed by atoms with E-state index >= 15 is 0 Å². The lowest BCUT2D eigenvalue weighted by Gasteiger charge is -2.20. The third kappa shape index (κ3) is 10.4. The fourth-order valence-electron chi connectivity index (χ4n) is 5.61. The van der Waals surface area contributed by atoms with Crippen LogP contribution in [0.1, 0.15) is 57.5 Å². The minimum atomic E-state index is -3.98. The molecule has 0 saturated carbocycles. The lowest BCUT2D eigenvalue weighted by Crippen LogP contribution is -2.32. The van der Waals surface area contributed by atoms with Crippen LogP contribution in [0.3, 0.4) is 0 Å². The first-order chi connectivity index (χ1) is 26.8. The Kier molecular flexibility index (Phi) is 14.6. The second-order valence-corrected chi connectivity index (χ2v) is 16.3. The van der Waals surface area contributed by atoms with Gasteiger partial charge in [0.05, 0.1) is 34.1 Å². The van der Waals surface area contributed by atoms with Crippen LogP contribution >= 0.6 is 0 Å². The summed E-state index contributed by atoms with van der Waals surface area (Å²) in [6, 6.07) is 29.5. The van der Waals surface area contributed by atoms with Crippen molar-refractivity contribution in [3.05, 3.63) is 107 Å². The molecule has 2 amide bonds. The van der Waals surface area contributed by atoms with E-state index in [1.54, 1.807) is 12.1 Å². The molecule has 0 saturated heterocycles. The standard InChI is InChI=1S/C40H38N8O6S2/c1-29-27-33(11-17-37(29)45-39(49)31-7-13-35(14-8-31)55(51,52)47(23-3-19-41)24-4-20-42)34-12-18-38(30(2)28-34)46-40(50)32-9-15-36(16-10-32)56(53,54)48(25-5-21-43)26-6-22-44/h7-18,27-28H,3-6,23-26H2,1-2H3,(H,45,49)(H,46,50). The maximum Gasteiger partial charge on any atom is 0.255 e. The van der Waals surface area contributed by atoms with Gasteiger partial charge in [0.2, 0.25) is 20.0 Å². The van der Waals surface area contributed by atoms with Crippen molar-refractivity contribution in [1.29, 1.82) is 21.0 Å². The first-order valence-electron chi connectivity index (χ1n) is 17.3. The Hall–Kier alpha value is -6.40. The van der Waals surface area contributed by atoms with Gasteiger partial charge in [0.15, 0.2) is 0 Å². The predicted molar refractivity (Wildman–Crippen MR) is 209 cm³/mol. The van der Waals surface area contributed by atoms with E-state index in [1.807, 2.05) is 62.4 Å². The number of hydrogen-bond donors (Lipinski definition) is 2. The van der Waals surface area contributed by atoms with E-state index in [1.165, 1.54) is 48.5 Å². The average Bonchev–Trinajstić information content (AvgIpc) is 3.19. The van der Waals surface area contributed by atoms with Gasteiger partial charge in [-0.25, -0.2) is 16.8 Å². The van der Waals surface area contributed by atoms with Crippen molar-refractivity contribution >= 4 is 43.2 Å². The van der Waals surface area contributed by atoms with Crippen LogP contribution in [-0.4, -0.2) is 63.4 Å². The number of nitrogens with zero attached hydrogens (tertiary/aromatic N) is 6. The summed E-state index contributed by atoms with van der Waals surface area (Å²) in [5.41, 5.74) is 4.78. The van der Waals surface area contributed by atoms with Gasteiger partial charge in [0.25, 0.3) is 11.8 Å². The molecule has 4 aromatic carbocycles. The van der Waals surface area contributed by atoms with Crippen LogP contribution in [0.4, 0.5) is 11.4 Å². The second-order valence-electron chi connectivity index (χ2n) is 12.5. The van der Waals surface area contributed by atoms with E-state index in [0.717, 1.165) is 30.9 Å². The highest BCUT2D eigenvalue weighted by atomic mass is 32.2. The molecule has 4 rings (SSSR count). The monoisotopic (exact) mass is 790 g/mol. The summed E-state index contributed by atoms with van der Waals surface area (Å²) in [6.45, 7) is 3.46. The highest BCUT2D eigenvalue weighted by Crippen LogP contribution is 2.29. The normalized spacial score (nSPS) is 11.2. The van der Waals surface area contributed by atoms with Crippen molar-refractivity contribution in [2.45, 2.75) is 49.3 Å². The van der Waals surface area contributed by atoms with Crippen LogP contribution in [0, 0.1) is 59.2 Å². The molecule has 0 bridgehead atoms. The van der Waals surface area contributed by atoms with Gasteiger partial charge in [0, 0.05) is 74.4 Å². The zero-order valence-corrected chi connectivity index (χ0v) is 32.3. The van der Waals surface area contributed by atoms with E-state index in [2.05, 4.69) is 10.6 Å². The molecule has 0 radical (unpaired) electrons. The number of aryl methyl sites for hydroxylation is 2. The van der Waals surface area contributed by atoms with Gasteiger partial charge >= 0.3 is 0 Å². The van der Waals surface area contributed by atoms with Crippen molar-refractivity contribution in [2.24, 2.45) is 0 Å². The number of sulfonamides is 2. The van der Waals surface area contributed by atoms with E-state index in [-0.39, 0.29) is 72.8 Å². The molecular formula is C40H38N8O6S2. The molecule has 16 heteroatoms. The van der Waals surface area contributed by atoms with Crippen molar-refractivity contribution in [3.8, 4) is 35.4 Å². The number of hydrogen-bond acceptors (Lipinski definition) is 10. The third-order valence-corrected chi connectivity index (χ3v) is 12.5.